The Labute approximate surface area is 157 Å². The quantitative estimate of drug-likeness (QED) is 0.637. The third-order valence-corrected chi connectivity index (χ3v) is 5.35. The number of amides is 1. The molecule has 3 aromatic rings. The van der Waals surface area contributed by atoms with E-state index in [1.54, 1.807) is 24.3 Å². The fraction of sp³-hybridized carbons (Fsp3) is 0.158. The molecule has 0 aliphatic heterocycles. The number of anilines is 1. The number of halogens is 1. The van der Waals surface area contributed by atoms with Crippen molar-refractivity contribution >= 4 is 43.9 Å². The van der Waals surface area contributed by atoms with Crippen LogP contribution in [0.2, 0.25) is 5.15 Å². The lowest BCUT2D eigenvalue weighted by Crippen LogP contribution is -2.29. The van der Waals surface area contributed by atoms with E-state index in [0.717, 1.165) is 22.7 Å². The number of hydrogen-bond acceptors (Lipinski definition) is 4. The van der Waals surface area contributed by atoms with Crippen molar-refractivity contribution in [3.63, 3.8) is 0 Å². The van der Waals surface area contributed by atoms with Crippen LogP contribution < -0.4 is 4.90 Å². The number of benzene rings is 2. The van der Waals surface area contributed by atoms with Gasteiger partial charge in [-0.25, -0.2) is 13.4 Å². The van der Waals surface area contributed by atoms with Gasteiger partial charge in [0.2, 0.25) is 5.91 Å². The van der Waals surface area contributed by atoms with Gasteiger partial charge < -0.3 is 4.90 Å². The van der Waals surface area contributed by atoms with Gasteiger partial charge in [-0.2, -0.15) is 0 Å². The summed E-state index contributed by atoms with van der Waals surface area (Å²) in [6.45, 7) is 1.64. The first-order chi connectivity index (χ1) is 12.3. The van der Waals surface area contributed by atoms with Crippen molar-refractivity contribution in [1.29, 1.82) is 0 Å². The van der Waals surface area contributed by atoms with E-state index in [4.69, 9.17) is 11.6 Å². The number of aromatic nitrogens is 1. The van der Waals surface area contributed by atoms with Crippen LogP contribution in [-0.2, 0) is 21.2 Å². The smallest absolute Gasteiger partial charge is 0.224 e. The Morgan fingerprint density at radius 2 is 1.81 bits per heavy atom. The highest BCUT2D eigenvalue weighted by Crippen LogP contribution is 2.27. The van der Waals surface area contributed by atoms with Crippen molar-refractivity contribution in [2.45, 2.75) is 18.4 Å². The van der Waals surface area contributed by atoms with Crippen molar-refractivity contribution in [2.75, 3.05) is 11.2 Å². The third-order valence-electron chi connectivity index (χ3n) is 4.00. The summed E-state index contributed by atoms with van der Waals surface area (Å²) in [6.07, 6.45) is 1.13. The topological polar surface area (TPSA) is 67.3 Å². The van der Waals surface area contributed by atoms with Crippen LogP contribution in [-0.4, -0.2) is 25.6 Å². The molecule has 0 saturated carbocycles. The summed E-state index contributed by atoms with van der Waals surface area (Å²) < 4.78 is 24.2. The van der Waals surface area contributed by atoms with Crippen LogP contribution in [0.15, 0.2) is 59.5 Å². The van der Waals surface area contributed by atoms with E-state index in [9.17, 15) is 13.2 Å². The van der Waals surface area contributed by atoms with Crippen molar-refractivity contribution in [2.24, 2.45) is 0 Å². The van der Waals surface area contributed by atoms with Crippen LogP contribution in [0.3, 0.4) is 0 Å². The standard InChI is InChI=1S/C19H17ClN2O3S/c1-13(23)22(17-5-3-4-6-18(17)26(2,24)25)12-14-7-8-15-9-10-19(20)21-16(15)11-14/h3-11H,12H2,1-2H3. The van der Waals surface area contributed by atoms with E-state index in [1.165, 1.54) is 17.9 Å². The zero-order chi connectivity index (χ0) is 18.9. The van der Waals surface area contributed by atoms with Crippen LogP contribution in [0.4, 0.5) is 5.69 Å². The molecule has 5 nitrogen and oxygen atoms in total. The number of nitrogens with zero attached hydrogens (tertiary/aromatic N) is 2. The van der Waals surface area contributed by atoms with Crippen molar-refractivity contribution in [1.82, 2.24) is 4.98 Å². The molecule has 134 valence electrons. The van der Waals surface area contributed by atoms with Gasteiger partial charge in [-0.15, -0.1) is 0 Å². The molecule has 3 rings (SSSR count). The number of para-hydroxylation sites is 1. The number of carbonyl (C=O) groups excluding carboxylic acids is 1. The number of hydrogen-bond donors (Lipinski definition) is 0. The Hall–Kier alpha value is -2.44. The third kappa shape index (κ3) is 3.86. The Bertz CT molecular complexity index is 1100. The summed E-state index contributed by atoms with van der Waals surface area (Å²) in [5, 5.41) is 1.32. The first-order valence-corrected chi connectivity index (χ1v) is 10.1. The highest BCUT2D eigenvalue weighted by atomic mass is 35.5. The van der Waals surface area contributed by atoms with Crippen LogP contribution in [0.1, 0.15) is 12.5 Å². The maximum atomic E-state index is 12.2. The first-order valence-electron chi connectivity index (χ1n) is 7.88. The number of sulfone groups is 1. The van der Waals surface area contributed by atoms with Crippen LogP contribution in [0.25, 0.3) is 10.9 Å². The predicted molar refractivity (Wildman–Crippen MR) is 103 cm³/mol. The average Bonchev–Trinajstić information content (AvgIpc) is 2.58. The maximum absolute atomic E-state index is 12.2. The molecule has 0 saturated heterocycles. The molecular weight excluding hydrogens is 372 g/mol. The molecule has 0 aliphatic carbocycles. The van der Waals surface area contributed by atoms with Gasteiger partial charge >= 0.3 is 0 Å². The van der Waals surface area contributed by atoms with Gasteiger partial charge in [0, 0.05) is 18.6 Å². The maximum Gasteiger partial charge on any atom is 0.224 e. The lowest BCUT2D eigenvalue weighted by atomic mass is 10.1. The van der Waals surface area contributed by atoms with Gasteiger partial charge in [-0.05, 0) is 35.9 Å². The molecule has 0 atom stereocenters. The molecule has 1 aromatic heterocycles. The monoisotopic (exact) mass is 388 g/mol. The van der Waals surface area contributed by atoms with E-state index in [1.807, 2.05) is 24.3 Å². The summed E-state index contributed by atoms with van der Waals surface area (Å²) in [5.41, 5.74) is 1.90. The number of pyridine rings is 1. The molecule has 0 spiro atoms. The minimum Gasteiger partial charge on any atom is -0.307 e. The van der Waals surface area contributed by atoms with Crippen molar-refractivity contribution < 1.29 is 13.2 Å². The zero-order valence-electron chi connectivity index (χ0n) is 14.3. The fourth-order valence-electron chi connectivity index (χ4n) is 2.78. The lowest BCUT2D eigenvalue weighted by molar-refractivity contribution is -0.116. The molecule has 0 bridgehead atoms. The molecule has 7 heteroatoms. The molecule has 26 heavy (non-hydrogen) atoms. The fourth-order valence-corrected chi connectivity index (χ4v) is 3.82. The van der Waals surface area contributed by atoms with E-state index in [2.05, 4.69) is 4.98 Å². The molecule has 0 aliphatic rings. The van der Waals surface area contributed by atoms with E-state index in [-0.39, 0.29) is 17.3 Å². The second-order valence-electron chi connectivity index (χ2n) is 6.01. The Morgan fingerprint density at radius 3 is 2.50 bits per heavy atom. The Kier molecular flexibility index (Phi) is 4.98. The number of carbonyl (C=O) groups is 1. The zero-order valence-corrected chi connectivity index (χ0v) is 15.9. The number of fused-ring (bicyclic) bond motifs is 1. The Balaban J connectivity index is 2.05. The largest absolute Gasteiger partial charge is 0.307 e. The van der Waals surface area contributed by atoms with E-state index >= 15 is 0 Å². The highest BCUT2D eigenvalue weighted by molar-refractivity contribution is 7.90. The van der Waals surface area contributed by atoms with Crippen LogP contribution in [0.5, 0.6) is 0 Å². The van der Waals surface area contributed by atoms with Gasteiger partial charge in [-0.1, -0.05) is 35.9 Å². The molecule has 0 fully saturated rings. The van der Waals surface area contributed by atoms with Crippen LogP contribution >= 0.6 is 11.6 Å². The normalized spacial score (nSPS) is 11.5. The second-order valence-corrected chi connectivity index (χ2v) is 8.38. The van der Waals surface area contributed by atoms with Gasteiger partial charge in [-0.3, -0.25) is 4.79 Å². The van der Waals surface area contributed by atoms with Gasteiger partial charge in [0.25, 0.3) is 0 Å². The molecule has 0 unspecified atom stereocenters. The lowest BCUT2D eigenvalue weighted by Gasteiger charge is -2.23. The summed E-state index contributed by atoms with van der Waals surface area (Å²) in [6, 6.07) is 15.7. The minimum atomic E-state index is -3.47. The second kappa shape index (κ2) is 7.05. The van der Waals surface area contributed by atoms with E-state index < -0.39 is 9.84 Å². The minimum absolute atomic E-state index is 0.122. The first kappa shape index (κ1) is 18.4. The summed E-state index contributed by atoms with van der Waals surface area (Å²) in [7, 11) is -3.47. The highest BCUT2D eigenvalue weighted by Gasteiger charge is 2.20. The molecule has 0 N–H and O–H groups in total. The van der Waals surface area contributed by atoms with Crippen molar-refractivity contribution in [3.05, 3.63) is 65.3 Å². The summed E-state index contributed by atoms with van der Waals surface area (Å²) in [4.78, 5) is 18.1. The molecular formula is C19H17ClN2O3S. The van der Waals surface area contributed by atoms with E-state index in [0.29, 0.717) is 10.8 Å². The summed E-state index contributed by atoms with van der Waals surface area (Å²) >= 11 is 5.95. The molecule has 1 amide bonds. The SMILES string of the molecule is CC(=O)N(Cc1ccc2ccc(Cl)nc2c1)c1ccccc1S(C)(=O)=O. The molecule has 0 radical (unpaired) electrons. The average molecular weight is 389 g/mol. The Morgan fingerprint density at radius 1 is 1.12 bits per heavy atom. The van der Waals surface area contributed by atoms with Crippen molar-refractivity contribution in [3.8, 4) is 0 Å². The van der Waals surface area contributed by atoms with Gasteiger partial charge in [0.15, 0.2) is 9.84 Å². The molecule has 1 heterocycles. The van der Waals surface area contributed by atoms with Crippen LogP contribution in [0, 0.1) is 0 Å². The molecule has 2 aromatic carbocycles. The van der Waals surface area contributed by atoms with Gasteiger partial charge in [0.1, 0.15) is 5.15 Å². The summed E-state index contributed by atoms with van der Waals surface area (Å²) in [5.74, 6) is -0.250. The number of rotatable bonds is 4. The predicted octanol–water partition coefficient (Wildman–Crippen LogP) is 3.84. The van der Waals surface area contributed by atoms with Gasteiger partial charge in [0.05, 0.1) is 22.6 Å².